The number of nitrogens with one attached hydrogen (secondary N) is 2. The van der Waals surface area contributed by atoms with E-state index in [4.69, 9.17) is 9.47 Å². The molecule has 1 fully saturated rings. The molecule has 0 radical (unpaired) electrons. The molecule has 0 atom stereocenters. The van der Waals surface area contributed by atoms with Crippen molar-refractivity contribution in [1.29, 1.82) is 0 Å². The predicted octanol–water partition coefficient (Wildman–Crippen LogP) is 2.39. The van der Waals surface area contributed by atoms with E-state index < -0.39 is 0 Å². The normalized spacial score (nSPS) is 15.8. The van der Waals surface area contributed by atoms with E-state index in [2.05, 4.69) is 34.4 Å². The predicted molar refractivity (Wildman–Crippen MR) is 121 cm³/mol. The van der Waals surface area contributed by atoms with E-state index in [-0.39, 0.29) is 35.5 Å². The molecule has 0 aromatic rings. The van der Waals surface area contributed by atoms with Crippen molar-refractivity contribution in [2.45, 2.75) is 58.4 Å². The third-order valence-corrected chi connectivity index (χ3v) is 4.68. The number of halogens is 1. The summed E-state index contributed by atoms with van der Waals surface area (Å²) in [6.45, 7) is 12.1. The first-order valence-electron chi connectivity index (χ1n) is 9.92. The van der Waals surface area contributed by atoms with Crippen LogP contribution in [0.25, 0.3) is 0 Å². The summed E-state index contributed by atoms with van der Waals surface area (Å²) in [6, 6.07) is 0. The summed E-state index contributed by atoms with van der Waals surface area (Å²) >= 11 is 0. The van der Waals surface area contributed by atoms with Crippen LogP contribution in [0.1, 0.15) is 52.9 Å². The third-order valence-electron chi connectivity index (χ3n) is 4.68. The molecule has 27 heavy (non-hydrogen) atoms. The first-order chi connectivity index (χ1) is 12.5. The zero-order valence-corrected chi connectivity index (χ0v) is 19.8. The Hall–Kier alpha value is -0.610. The summed E-state index contributed by atoms with van der Waals surface area (Å²) in [7, 11) is 1.80. The maximum Gasteiger partial charge on any atom is 0.305 e. The number of carbonyl (C=O) groups excluding carboxylic acids is 1. The second-order valence-corrected chi connectivity index (χ2v) is 7.23. The summed E-state index contributed by atoms with van der Waals surface area (Å²) in [6.07, 6.45) is 4.65. The highest BCUT2D eigenvalue weighted by Gasteiger charge is 2.28. The molecule has 0 bridgehead atoms. The van der Waals surface area contributed by atoms with Crippen molar-refractivity contribution >= 4 is 35.9 Å². The molecule has 0 aliphatic carbocycles. The molecule has 160 valence electrons. The van der Waals surface area contributed by atoms with Gasteiger partial charge in [0.15, 0.2) is 5.96 Å². The van der Waals surface area contributed by atoms with Crippen LogP contribution >= 0.6 is 24.0 Å². The summed E-state index contributed by atoms with van der Waals surface area (Å²) in [5.41, 5.74) is 0.0640. The van der Waals surface area contributed by atoms with Crippen LogP contribution in [0.5, 0.6) is 0 Å². The van der Waals surface area contributed by atoms with Gasteiger partial charge < -0.3 is 20.1 Å². The highest BCUT2D eigenvalue weighted by atomic mass is 127. The van der Waals surface area contributed by atoms with Crippen molar-refractivity contribution in [1.82, 2.24) is 15.5 Å². The van der Waals surface area contributed by atoms with Crippen LogP contribution in [-0.2, 0) is 14.3 Å². The van der Waals surface area contributed by atoms with Crippen molar-refractivity contribution in [2.75, 3.05) is 53.0 Å². The quantitative estimate of drug-likeness (QED) is 0.150. The van der Waals surface area contributed by atoms with Crippen molar-refractivity contribution in [2.24, 2.45) is 4.99 Å². The van der Waals surface area contributed by atoms with E-state index in [1.165, 1.54) is 0 Å². The number of unbranched alkanes of at least 4 members (excludes halogenated alkanes) is 3. The lowest BCUT2D eigenvalue weighted by molar-refractivity contribution is -0.143. The van der Waals surface area contributed by atoms with Gasteiger partial charge in [0, 0.05) is 45.2 Å². The standard InChI is InChI=1S/C19H38N4O3.HI/c1-5-26-17(24)10-8-6-7-9-11-21-18(20-4)22-16-19(2,3)23-12-14-25-15-13-23;/h5-16H2,1-4H3,(H2,20,21,22);1H. The van der Waals surface area contributed by atoms with Crippen LogP contribution in [-0.4, -0.2) is 75.4 Å². The lowest BCUT2D eigenvalue weighted by atomic mass is 10.0. The zero-order chi connectivity index (χ0) is 19.3. The van der Waals surface area contributed by atoms with Crippen LogP contribution in [0.4, 0.5) is 0 Å². The summed E-state index contributed by atoms with van der Waals surface area (Å²) in [5, 5.41) is 6.80. The molecule has 0 aromatic heterocycles. The van der Waals surface area contributed by atoms with Gasteiger partial charge in [-0.15, -0.1) is 24.0 Å². The van der Waals surface area contributed by atoms with Crippen molar-refractivity contribution in [3.63, 3.8) is 0 Å². The maximum absolute atomic E-state index is 11.3. The van der Waals surface area contributed by atoms with Gasteiger partial charge in [-0.25, -0.2) is 0 Å². The number of ether oxygens (including phenoxy) is 2. The van der Waals surface area contributed by atoms with Gasteiger partial charge >= 0.3 is 5.97 Å². The SMILES string of the molecule is CCOC(=O)CCCCCCNC(=NC)NCC(C)(C)N1CCOCC1.I. The molecule has 0 amide bonds. The number of esters is 1. The molecule has 1 aliphatic rings. The number of rotatable bonds is 11. The minimum atomic E-state index is -0.0851. The molecule has 2 N–H and O–H groups in total. The fraction of sp³-hybridized carbons (Fsp3) is 0.895. The van der Waals surface area contributed by atoms with Crippen LogP contribution in [0.3, 0.4) is 0 Å². The molecule has 0 unspecified atom stereocenters. The molecule has 0 aromatic carbocycles. The molecule has 1 saturated heterocycles. The molecule has 8 heteroatoms. The fourth-order valence-electron chi connectivity index (χ4n) is 2.99. The average Bonchev–Trinajstić information content (AvgIpc) is 2.64. The molecule has 1 aliphatic heterocycles. The van der Waals surface area contributed by atoms with Gasteiger partial charge in [0.2, 0.25) is 0 Å². The van der Waals surface area contributed by atoms with Crippen LogP contribution in [0, 0.1) is 0 Å². The van der Waals surface area contributed by atoms with Gasteiger partial charge in [0.25, 0.3) is 0 Å². The second-order valence-electron chi connectivity index (χ2n) is 7.23. The number of guanidine groups is 1. The molecule has 0 saturated carbocycles. The van der Waals surface area contributed by atoms with Gasteiger partial charge in [-0.05, 0) is 33.6 Å². The molecular weight excluding hydrogens is 459 g/mol. The Kier molecular flexibility index (Phi) is 15.0. The first-order valence-corrected chi connectivity index (χ1v) is 9.92. The maximum atomic E-state index is 11.3. The monoisotopic (exact) mass is 498 g/mol. The first kappa shape index (κ1) is 26.4. The molecule has 1 rings (SSSR count). The van der Waals surface area contributed by atoms with E-state index in [0.717, 1.165) is 71.0 Å². The summed E-state index contributed by atoms with van der Waals surface area (Å²) in [4.78, 5) is 18.0. The number of hydrogen-bond donors (Lipinski definition) is 2. The number of carbonyl (C=O) groups is 1. The van der Waals surface area contributed by atoms with E-state index in [9.17, 15) is 4.79 Å². The number of hydrogen-bond acceptors (Lipinski definition) is 5. The van der Waals surface area contributed by atoms with Gasteiger partial charge in [-0.1, -0.05) is 12.8 Å². The Morgan fingerprint density at radius 1 is 1.15 bits per heavy atom. The van der Waals surface area contributed by atoms with E-state index in [1.54, 1.807) is 7.05 Å². The van der Waals surface area contributed by atoms with E-state index in [1.807, 2.05) is 6.92 Å². The minimum Gasteiger partial charge on any atom is -0.466 e. The zero-order valence-electron chi connectivity index (χ0n) is 17.5. The fourth-order valence-corrected chi connectivity index (χ4v) is 2.99. The van der Waals surface area contributed by atoms with Gasteiger partial charge in [0.05, 0.1) is 19.8 Å². The van der Waals surface area contributed by atoms with Gasteiger partial charge in [0.1, 0.15) is 0 Å². The third kappa shape index (κ3) is 11.7. The summed E-state index contributed by atoms with van der Waals surface area (Å²) in [5.74, 6) is 0.760. The summed E-state index contributed by atoms with van der Waals surface area (Å²) < 4.78 is 10.4. The smallest absolute Gasteiger partial charge is 0.305 e. The van der Waals surface area contributed by atoms with Crippen molar-refractivity contribution in [3.05, 3.63) is 0 Å². The highest BCUT2D eigenvalue weighted by Crippen LogP contribution is 2.14. The van der Waals surface area contributed by atoms with Crippen LogP contribution in [0.15, 0.2) is 4.99 Å². The Labute approximate surface area is 182 Å². The lowest BCUT2D eigenvalue weighted by Gasteiger charge is -2.41. The Morgan fingerprint density at radius 3 is 2.44 bits per heavy atom. The molecule has 1 heterocycles. The van der Waals surface area contributed by atoms with Crippen molar-refractivity contribution < 1.29 is 14.3 Å². The van der Waals surface area contributed by atoms with E-state index >= 15 is 0 Å². The number of aliphatic imine (C=N–C) groups is 1. The minimum absolute atomic E-state index is 0. The number of nitrogens with zero attached hydrogens (tertiary/aromatic N) is 2. The number of morpholine rings is 1. The Balaban J connectivity index is 0.00000676. The second kappa shape index (κ2) is 15.3. The Morgan fingerprint density at radius 2 is 1.81 bits per heavy atom. The van der Waals surface area contributed by atoms with Crippen LogP contribution in [0.2, 0.25) is 0 Å². The van der Waals surface area contributed by atoms with E-state index in [0.29, 0.717) is 13.0 Å². The molecule has 0 spiro atoms. The van der Waals surface area contributed by atoms with Gasteiger partial charge in [-0.2, -0.15) is 0 Å². The topological polar surface area (TPSA) is 75.2 Å². The largest absolute Gasteiger partial charge is 0.466 e. The molecular formula is C19H39IN4O3. The Bertz CT molecular complexity index is 427. The highest BCUT2D eigenvalue weighted by molar-refractivity contribution is 14.0. The van der Waals surface area contributed by atoms with Crippen LogP contribution < -0.4 is 10.6 Å². The van der Waals surface area contributed by atoms with Crippen molar-refractivity contribution in [3.8, 4) is 0 Å². The van der Waals surface area contributed by atoms with Gasteiger partial charge in [-0.3, -0.25) is 14.7 Å². The average molecular weight is 498 g/mol. The molecule has 7 nitrogen and oxygen atoms in total. The lowest BCUT2D eigenvalue weighted by Crippen LogP contribution is -2.56.